The Morgan fingerprint density at radius 1 is 1.43 bits per heavy atom. The van der Waals surface area contributed by atoms with Crippen molar-refractivity contribution in [1.29, 1.82) is 0 Å². The summed E-state index contributed by atoms with van der Waals surface area (Å²) >= 11 is 0. The van der Waals surface area contributed by atoms with Gasteiger partial charge in [0.2, 0.25) is 0 Å². The van der Waals surface area contributed by atoms with Crippen LogP contribution in [0, 0.1) is 5.92 Å². The molecule has 3 aliphatic rings. The van der Waals surface area contributed by atoms with Crippen LogP contribution in [0.5, 0.6) is 11.8 Å². The summed E-state index contributed by atoms with van der Waals surface area (Å²) in [5, 5.41) is 2.57. The Morgan fingerprint density at radius 3 is 2.96 bits per heavy atom. The number of alkyl halides is 1. The van der Waals surface area contributed by atoms with Gasteiger partial charge in [0.15, 0.2) is 5.75 Å². The van der Waals surface area contributed by atoms with Gasteiger partial charge in [0.1, 0.15) is 18.5 Å². The van der Waals surface area contributed by atoms with Crippen LogP contribution in [0.2, 0.25) is 0 Å². The van der Waals surface area contributed by atoms with Crippen molar-refractivity contribution in [2.45, 2.75) is 57.4 Å². The zero-order valence-corrected chi connectivity index (χ0v) is 16.3. The number of nitrogens with zero attached hydrogens (tertiary/aromatic N) is 3. The number of fused-ring (bicyclic) bond motifs is 1. The van der Waals surface area contributed by atoms with E-state index in [9.17, 15) is 9.18 Å². The average Bonchev–Trinajstić information content (AvgIpc) is 3.05. The maximum absolute atomic E-state index is 14.6. The van der Waals surface area contributed by atoms with Gasteiger partial charge >= 0.3 is 12.1 Å². The van der Waals surface area contributed by atoms with Gasteiger partial charge in [0.25, 0.3) is 0 Å². The molecule has 0 saturated carbocycles. The first-order chi connectivity index (χ1) is 13.5. The molecule has 1 amide bonds. The molecule has 4 heterocycles. The van der Waals surface area contributed by atoms with Gasteiger partial charge in [-0.3, -0.25) is 4.90 Å². The van der Waals surface area contributed by atoms with E-state index in [1.54, 1.807) is 0 Å². The van der Waals surface area contributed by atoms with Crippen LogP contribution in [0.15, 0.2) is 6.20 Å². The van der Waals surface area contributed by atoms with E-state index < -0.39 is 17.8 Å². The number of ether oxygens (including phenoxy) is 3. The lowest BCUT2D eigenvalue weighted by Gasteiger charge is -2.46. The minimum Gasteiger partial charge on any atom is -0.461 e. The number of rotatable bonds is 5. The van der Waals surface area contributed by atoms with E-state index in [1.807, 2.05) is 0 Å². The maximum atomic E-state index is 14.6. The molecule has 4 rings (SSSR count). The number of halogens is 1. The lowest BCUT2D eigenvalue weighted by Crippen LogP contribution is -2.57. The molecule has 1 aromatic heterocycles. The largest absolute Gasteiger partial charge is 0.461 e. The minimum atomic E-state index is -0.873. The van der Waals surface area contributed by atoms with Crippen molar-refractivity contribution in [2.24, 2.45) is 5.92 Å². The third kappa shape index (κ3) is 3.65. The van der Waals surface area contributed by atoms with E-state index in [-0.39, 0.29) is 18.5 Å². The smallest absolute Gasteiger partial charge is 0.413 e. The Hall–Kier alpha value is -2.00. The van der Waals surface area contributed by atoms with Crippen LogP contribution in [-0.2, 0) is 11.3 Å². The second-order valence-electron chi connectivity index (χ2n) is 8.05. The molecule has 154 valence electrons. The van der Waals surface area contributed by atoms with Crippen LogP contribution in [0.4, 0.5) is 9.18 Å². The van der Waals surface area contributed by atoms with Gasteiger partial charge in [-0.15, -0.1) is 0 Å². The molecule has 0 unspecified atom stereocenters. The van der Waals surface area contributed by atoms with Gasteiger partial charge in [-0.05, 0) is 18.8 Å². The standard InChI is InChI=1S/C19H27FN4O4/c1-12(2)19(7-13(20)10-24(19)14-3-5-26-6-4-14)11-27-17-21-9-16-15(23-17)8-22-18(25)28-16/h9,12-14H,3-8,10-11H2,1-2H3,(H,22,25)/t13-,19+/m1/s1. The number of hydrogen-bond donors (Lipinski definition) is 1. The fourth-order valence-corrected chi connectivity index (χ4v) is 4.50. The predicted molar refractivity (Wildman–Crippen MR) is 98.0 cm³/mol. The molecule has 0 radical (unpaired) electrons. The molecule has 0 aromatic carbocycles. The molecule has 0 bridgehead atoms. The van der Waals surface area contributed by atoms with E-state index in [2.05, 4.69) is 34.0 Å². The molecule has 1 N–H and O–H groups in total. The van der Waals surface area contributed by atoms with Crippen molar-refractivity contribution in [2.75, 3.05) is 26.4 Å². The van der Waals surface area contributed by atoms with Crippen molar-refractivity contribution in [3.8, 4) is 11.8 Å². The lowest BCUT2D eigenvalue weighted by atomic mass is 9.83. The van der Waals surface area contributed by atoms with Gasteiger partial charge < -0.3 is 19.5 Å². The topological polar surface area (TPSA) is 85.8 Å². The highest BCUT2D eigenvalue weighted by Crippen LogP contribution is 2.41. The number of likely N-dealkylation sites (tertiary alicyclic amines) is 1. The highest BCUT2D eigenvalue weighted by molar-refractivity contribution is 5.72. The molecule has 9 heteroatoms. The van der Waals surface area contributed by atoms with Gasteiger partial charge in [-0.25, -0.2) is 9.18 Å². The van der Waals surface area contributed by atoms with Crippen molar-refractivity contribution in [3.05, 3.63) is 11.9 Å². The van der Waals surface area contributed by atoms with E-state index in [0.717, 1.165) is 12.8 Å². The van der Waals surface area contributed by atoms with Crippen LogP contribution in [0.25, 0.3) is 0 Å². The van der Waals surface area contributed by atoms with E-state index in [0.29, 0.717) is 50.3 Å². The Balaban J connectivity index is 1.52. The Kier molecular flexibility index (Phi) is 5.37. The van der Waals surface area contributed by atoms with Gasteiger partial charge in [0.05, 0.1) is 18.3 Å². The monoisotopic (exact) mass is 394 g/mol. The summed E-state index contributed by atoms with van der Waals surface area (Å²) in [6.45, 7) is 6.67. The van der Waals surface area contributed by atoms with E-state index in [4.69, 9.17) is 14.2 Å². The average molecular weight is 394 g/mol. The molecule has 2 saturated heterocycles. The zero-order chi connectivity index (χ0) is 19.7. The quantitative estimate of drug-likeness (QED) is 0.818. The van der Waals surface area contributed by atoms with Crippen LogP contribution in [0.3, 0.4) is 0 Å². The molecule has 2 fully saturated rings. The lowest BCUT2D eigenvalue weighted by molar-refractivity contribution is -0.0363. The van der Waals surface area contributed by atoms with Gasteiger partial charge in [0, 0.05) is 32.2 Å². The molecule has 1 aromatic rings. The van der Waals surface area contributed by atoms with Crippen LogP contribution >= 0.6 is 0 Å². The molecule has 3 aliphatic heterocycles. The first kappa shape index (κ1) is 19.3. The molecule has 2 atom stereocenters. The van der Waals surface area contributed by atoms with Crippen LogP contribution in [-0.4, -0.2) is 65.1 Å². The van der Waals surface area contributed by atoms with Crippen LogP contribution < -0.4 is 14.8 Å². The fourth-order valence-electron chi connectivity index (χ4n) is 4.50. The second-order valence-corrected chi connectivity index (χ2v) is 8.05. The summed E-state index contributed by atoms with van der Waals surface area (Å²) < 4.78 is 31.1. The summed E-state index contributed by atoms with van der Waals surface area (Å²) in [7, 11) is 0. The summed E-state index contributed by atoms with van der Waals surface area (Å²) in [5.41, 5.74) is 0.157. The van der Waals surface area contributed by atoms with E-state index in [1.165, 1.54) is 6.20 Å². The molecular weight excluding hydrogens is 367 g/mol. The van der Waals surface area contributed by atoms with Gasteiger partial charge in [-0.2, -0.15) is 9.97 Å². The molecule has 0 spiro atoms. The van der Waals surface area contributed by atoms with Gasteiger partial charge in [-0.1, -0.05) is 13.8 Å². The Morgan fingerprint density at radius 2 is 2.21 bits per heavy atom. The molecule has 8 nitrogen and oxygen atoms in total. The summed E-state index contributed by atoms with van der Waals surface area (Å²) in [6.07, 6.45) is 2.31. The fraction of sp³-hybridized carbons (Fsp3) is 0.737. The Labute approximate surface area is 163 Å². The number of hydrogen-bond acceptors (Lipinski definition) is 7. The predicted octanol–water partition coefficient (Wildman–Crippen LogP) is 2.07. The van der Waals surface area contributed by atoms with Crippen LogP contribution in [0.1, 0.15) is 38.8 Å². The molecule has 28 heavy (non-hydrogen) atoms. The van der Waals surface area contributed by atoms with Crippen molar-refractivity contribution in [1.82, 2.24) is 20.2 Å². The normalized spacial score (nSPS) is 28.7. The first-order valence-electron chi connectivity index (χ1n) is 9.91. The summed E-state index contributed by atoms with van der Waals surface area (Å²) in [6, 6.07) is 0.515. The summed E-state index contributed by atoms with van der Waals surface area (Å²) in [4.78, 5) is 22.1. The third-order valence-electron chi connectivity index (χ3n) is 6.11. The SMILES string of the molecule is CC(C)[C@@]1(COc2ncc3c(n2)CNC(=O)O3)C[C@@H](F)CN1C1CCOCC1. The number of nitrogens with one attached hydrogen (secondary N) is 1. The second kappa shape index (κ2) is 7.79. The summed E-state index contributed by atoms with van der Waals surface area (Å²) in [5.74, 6) is 0.541. The Bertz CT molecular complexity index is 728. The van der Waals surface area contributed by atoms with Crippen molar-refractivity contribution >= 4 is 6.09 Å². The highest BCUT2D eigenvalue weighted by atomic mass is 19.1. The minimum absolute atomic E-state index is 0.205. The van der Waals surface area contributed by atoms with Crippen molar-refractivity contribution in [3.63, 3.8) is 0 Å². The highest BCUT2D eigenvalue weighted by Gasteiger charge is 2.51. The number of carbonyl (C=O) groups is 1. The molecular formula is C19H27FN4O4. The van der Waals surface area contributed by atoms with Crippen molar-refractivity contribution < 1.29 is 23.4 Å². The number of carbonyl (C=O) groups excluding carboxylic acids is 1. The first-order valence-corrected chi connectivity index (χ1v) is 9.91. The third-order valence-corrected chi connectivity index (χ3v) is 6.11. The maximum Gasteiger partial charge on any atom is 0.413 e. The molecule has 0 aliphatic carbocycles. The van der Waals surface area contributed by atoms with E-state index >= 15 is 0 Å². The zero-order valence-electron chi connectivity index (χ0n) is 16.3. The number of amides is 1. The number of aromatic nitrogens is 2.